The smallest absolute Gasteiger partial charge is 0.251 e. The van der Waals surface area contributed by atoms with Crippen molar-refractivity contribution in [2.24, 2.45) is 0 Å². The molecule has 3 rings (SSSR count). The summed E-state index contributed by atoms with van der Waals surface area (Å²) in [6.07, 6.45) is 2.47. The molecule has 0 unspecified atom stereocenters. The monoisotopic (exact) mass is 388 g/mol. The van der Waals surface area contributed by atoms with Crippen molar-refractivity contribution >= 4 is 22.6 Å². The van der Waals surface area contributed by atoms with Crippen LogP contribution in [0.3, 0.4) is 0 Å². The molecule has 1 heterocycles. The highest BCUT2D eigenvalue weighted by Crippen LogP contribution is 2.21. The van der Waals surface area contributed by atoms with Crippen LogP contribution in [0.25, 0.3) is 10.9 Å². The Morgan fingerprint density at radius 1 is 1.17 bits per heavy atom. The maximum atomic E-state index is 12.9. The van der Waals surface area contributed by atoms with Crippen molar-refractivity contribution in [3.05, 3.63) is 70.9 Å². The number of rotatable bonds is 8. The third-order valence-electron chi connectivity index (χ3n) is 4.89. The standard InChI is InChI=1S/C23H24N4O2/c1-3-25-23(29)18-8-9-19-20(14-27-21(19)12-18)22(28)15(2)26-11-10-16-4-6-17(13-24)7-5-16/h4-9,12,14-15,26-27H,3,10-11H2,1-2H3,(H,25,29)/t15-/m0/s1. The summed E-state index contributed by atoms with van der Waals surface area (Å²) >= 11 is 0. The van der Waals surface area contributed by atoms with E-state index in [1.807, 2.05) is 32.0 Å². The fraction of sp³-hybridized carbons (Fsp3) is 0.261. The molecule has 29 heavy (non-hydrogen) atoms. The van der Waals surface area contributed by atoms with Gasteiger partial charge in [0.25, 0.3) is 5.91 Å². The van der Waals surface area contributed by atoms with Crippen molar-refractivity contribution in [2.45, 2.75) is 26.3 Å². The lowest BCUT2D eigenvalue weighted by atomic mass is 10.0. The van der Waals surface area contributed by atoms with Gasteiger partial charge in [0.2, 0.25) is 0 Å². The Balaban J connectivity index is 1.63. The van der Waals surface area contributed by atoms with Crippen LogP contribution in [0.1, 0.15) is 45.7 Å². The Hall–Kier alpha value is -3.43. The Bertz CT molecular complexity index is 1060. The number of ketones is 1. The molecule has 0 fully saturated rings. The summed E-state index contributed by atoms with van der Waals surface area (Å²) < 4.78 is 0. The first-order chi connectivity index (χ1) is 14.0. The van der Waals surface area contributed by atoms with E-state index in [1.165, 1.54) is 0 Å². The van der Waals surface area contributed by atoms with E-state index >= 15 is 0 Å². The van der Waals surface area contributed by atoms with Gasteiger partial charge in [0.05, 0.1) is 17.7 Å². The van der Waals surface area contributed by atoms with Gasteiger partial charge in [0.15, 0.2) is 5.78 Å². The van der Waals surface area contributed by atoms with Gasteiger partial charge in [-0.3, -0.25) is 9.59 Å². The highest BCUT2D eigenvalue weighted by molar-refractivity contribution is 6.11. The normalized spacial score (nSPS) is 11.8. The Morgan fingerprint density at radius 3 is 2.62 bits per heavy atom. The summed E-state index contributed by atoms with van der Waals surface area (Å²) in [5.74, 6) is -0.128. The van der Waals surface area contributed by atoms with Crippen LogP contribution < -0.4 is 10.6 Å². The van der Waals surface area contributed by atoms with Gasteiger partial charge in [-0.25, -0.2) is 0 Å². The number of benzene rings is 2. The van der Waals surface area contributed by atoms with Crippen molar-refractivity contribution in [2.75, 3.05) is 13.1 Å². The minimum absolute atomic E-state index is 0.00170. The summed E-state index contributed by atoms with van der Waals surface area (Å²) in [6.45, 7) is 4.94. The fourth-order valence-electron chi connectivity index (χ4n) is 3.24. The van der Waals surface area contributed by atoms with Crippen LogP contribution in [0, 0.1) is 11.3 Å². The van der Waals surface area contributed by atoms with Crippen molar-refractivity contribution in [1.29, 1.82) is 5.26 Å². The van der Waals surface area contributed by atoms with Gasteiger partial charge in [-0.1, -0.05) is 18.2 Å². The average molecular weight is 388 g/mol. The predicted octanol–water partition coefficient (Wildman–Crippen LogP) is 3.19. The minimum Gasteiger partial charge on any atom is -0.360 e. The number of Topliss-reactive ketones (excluding diaryl/α,β-unsaturated/α-hetero) is 1. The van der Waals surface area contributed by atoms with Crippen LogP contribution in [-0.2, 0) is 6.42 Å². The Labute approximate surface area is 169 Å². The SMILES string of the molecule is CCNC(=O)c1ccc2c(C(=O)[C@H](C)NCCc3ccc(C#N)cc3)c[nH]c2c1. The van der Waals surface area contributed by atoms with Crippen LogP contribution >= 0.6 is 0 Å². The molecule has 1 amide bonds. The molecule has 0 spiro atoms. The second kappa shape index (κ2) is 9.18. The second-order valence-corrected chi connectivity index (χ2v) is 6.92. The first-order valence-corrected chi connectivity index (χ1v) is 9.69. The van der Waals surface area contributed by atoms with Gasteiger partial charge in [-0.2, -0.15) is 5.26 Å². The van der Waals surface area contributed by atoms with Crippen LogP contribution in [0.2, 0.25) is 0 Å². The van der Waals surface area contributed by atoms with Gasteiger partial charge >= 0.3 is 0 Å². The van der Waals surface area contributed by atoms with E-state index in [9.17, 15) is 9.59 Å². The molecular formula is C23H24N4O2. The fourth-order valence-corrected chi connectivity index (χ4v) is 3.24. The number of nitrogens with one attached hydrogen (secondary N) is 3. The molecule has 0 saturated carbocycles. The molecule has 6 heteroatoms. The molecule has 0 bridgehead atoms. The van der Waals surface area contributed by atoms with Crippen LogP contribution in [-0.4, -0.2) is 35.8 Å². The third kappa shape index (κ3) is 4.71. The average Bonchev–Trinajstić information content (AvgIpc) is 3.17. The number of fused-ring (bicyclic) bond motifs is 1. The molecule has 3 N–H and O–H groups in total. The number of H-pyrrole nitrogens is 1. The zero-order chi connectivity index (χ0) is 20.8. The lowest BCUT2D eigenvalue weighted by molar-refractivity contribution is 0.0947. The van der Waals surface area contributed by atoms with E-state index in [1.54, 1.807) is 30.5 Å². The molecule has 0 saturated heterocycles. The lowest BCUT2D eigenvalue weighted by Gasteiger charge is -2.12. The second-order valence-electron chi connectivity index (χ2n) is 6.92. The summed E-state index contributed by atoms with van der Waals surface area (Å²) in [4.78, 5) is 28.0. The van der Waals surface area contributed by atoms with Gasteiger partial charge in [-0.15, -0.1) is 0 Å². The number of carbonyl (C=O) groups excluding carboxylic acids is 2. The van der Waals surface area contributed by atoms with Crippen LogP contribution in [0.15, 0.2) is 48.7 Å². The lowest BCUT2D eigenvalue weighted by Crippen LogP contribution is -2.35. The van der Waals surface area contributed by atoms with E-state index in [4.69, 9.17) is 5.26 Å². The van der Waals surface area contributed by atoms with Crippen LogP contribution in [0.5, 0.6) is 0 Å². The number of aromatic amines is 1. The molecule has 6 nitrogen and oxygen atoms in total. The van der Waals surface area contributed by atoms with E-state index in [0.717, 1.165) is 22.9 Å². The number of carbonyl (C=O) groups is 2. The first kappa shape index (κ1) is 20.3. The number of hydrogen-bond acceptors (Lipinski definition) is 4. The van der Waals surface area contributed by atoms with Crippen molar-refractivity contribution in [1.82, 2.24) is 15.6 Å². The molecule has 2 aromatic carbocycles. The number of hydrogen-bond donors (Lipinski definition) is 3. The molecule has 0 aliphatic carbocycles. The molecule has 0 radical (unpaired) electrons. The van der Waals surface area contributed by atoms with Crippen molar-refractivity contribution in [3.63, 3.8) is 0 Å². The third-order valence-corrected chi connectivity index (χ3v) is 4.89. The van der Waals surface area contributed by atoms with Gasteiger partial charge < -0.3 is 15.6 Å². The van der Waals surface area contributed by atoms with E-state index < -0.39 is 0 Å². The molecule has 0 aliphatic rings. The van der Waals surface area contributed by atoms with Gasteiger partial charge in [0, 0.05) is 34.8 Å². The Morgan fingerprint density at radius 2 is 1.93 bits per heavy atom. The topological polar surface area (TPSA) is 97.8 Å². The van der Waals surface area contributed by atoms with E-state index in [0.29, 0.717) is 29.8 Å². The van der Waals surface area contributed by atoms with Crippen molar-refractivity contribution < 1.29 is 9.59 Å². The summed E-state index contributed by atoms with van der Waals surface area (Å²) in [5.41, 5.74) is 3.69. The van der Waals surface area contributed by atoms with Crippen molar-refractivity contribution in [3.8, 4) is 6.07 Å². The highest BCUT2D eigenvalue weighted by atomic mass is 16.1. The summed E-state index contributed by atoms with van der Waals surface area (Å²) in [6, 6.07) is 14.5. The van der Waals surface area contributed by atoms with Crippen LogP contribution in [0.4, 0.5) is 0 Å². The van der Waals surface area contributed by atoms with E-state index in [-0.39, 0.29) is 17.7 Å². The first-order valence-electron chi connectivity index (χ1n) is 9.69. The molecule has 148 valence electrons. The van der Waals surface area contributed by atoms with Gasteiger partial charge in [0.1, 0.15) is 0 Å². The summed E-state index contributed by atoms with van der Waals surface area (Å²) in [5, 5.41) is 15.7. The molecule has 3 aromatic rings. The zero-order valence-electron chi connectivity index (χ0n) is 16.6. The van der Waals surface area contributed by atoms with E-state index in [2.05, 4.69) is 21.7 Å². The molecule has 1 atom stereocenters. The molecule has 1 aromatic heterocycles. The number of nitriles is 1. The zero-order valence-corrected chi connectivity index (χ0v) is 16.6. The quantitative estimate of drug-likeness (QED) is 0.516. The van der Waals surface area contributed by atoms with Gasteiger partial charge in [-0.05, 0) is 56.6 Å². The minimum atomic E-state index is -0.338. The number of nitrogens with zero attached hydrogens (tertiary/aromatic N) is 1. The summed E-state index contributed by atoms with van der Waals surface area (Å²) in [7, 11) is 0. The largest absolute Gasteiger partial charge is 0.360 e. The highest BCUT2D eigenvalue weighted by Gasteiger charge is 2.19. The maximum Gasteiger partial charge on any atom is 0.251 e. The molecule has 0 aliphatic heterocycles. The predicted molar refractivity (Wildman–Crippen MR) is 113 cm³/mol. The number of amides is 1. The molecular weight excluding hydrogens is 364 g/mol. The Kier molecular flexibility index (Phi) is 6.43. The number of aromatic nitrogens is 1. The maximum absolute atomic E-state index is 12.9.